The lowest BCUT2D eigenvalue weighted by Gasteiger charge is -2.13. The molecule has 0 fully saturated rings. The number of aromatic nitrogens is 2. The highest BCUT2D eigenvalue weighted by Crippen LogP contribution is 2.26. The van der Waals surface area contributed by atoms with Gasteiger partial charge in [0, 0.05) is 23.3 Å². The molecule has 2 N–H and O–H groups in total. The van der Waals surface area contributed by atoms with E-state index in [1.54, 1.807) is 12.4 Å². The van der Waals surface area contributed by atoms with Crippen molar-refractivity contribution >= 4 is 16.8 Å². The number of carbonyl (C=O) groups is 1. The lowest BCUT2D eigenvalue weighted by Crippen LogP contribution is -2.26. The predicted octanol–water partition coefficient (Wildman–Crippen LogP) is 3.98. The Morgan fingerprint density at radius 2 is 1.83 bits per heavy atom. The van der Waals surface area contributed by atoms with Crippen molar-refractivity contribution < 1.29 is 4.79 Å². The van der Waals surface area contributed by atoms with Crippen LogP contribution in [0.3, 0.4) is 0 Å². The molecule has 0 aliphatic carbocycles. The Bertz CT molecular complexity index is 865. The molecule has 0 aliphatic heterocycles. The van der Waals surface area contributed by atoms with Gasteiger partial charge >= 0.3 is 0 Å². The normalized spacial score (nSPS) is 12.3. The zero-order valence-electron chi connectivity index (χ0n) is 13.9. The summed E-state index contributed by atoms with van der Waals surface area (Å²) >= 11 is 0. The molecule has 0 aliphatic rings. The van der Waals surface area contributed by atoms with Gasteiger partial charge in [0.15, 0.2) is 0 Å². The standard InChI is InChI=1S/C19H21N3O/c1-11-9-12(2)16-10-17(22-18(16)13(11)3)19(23)21-14(4)15-5-7-20-8-6-15/h5-10,14,22H,1-4H3,(H,21,23). The van der Waals surface area contributed by atoms with Crippen molar-refractivity contribution in [2.45, 2.75) is 33.7 Å². The number of nitrogens with zero attached hydrogens (tertiary/aromatic N) is 1. The summed E-state index contributed by atoms with van der Waals surface area (Å²) in [6, 6.07) is 7.85. The van der Waals surface area contributed by atoms with E-state index in [-0.39, 0.29) is 11.9 Å². The Morgan fingerprint density at radius 1 is 1.13 bits per heavy atom. The summed E-state index contributed by atoms with van der Waals surface area (Å²) in [7, 11) is 0. The molecule has 4 nitrogen and oxygen atoms in total. The van der Waals surface area contributed by atoms with Crippen LogP contribution in [0.5, 0.6) is 0 Å². The van der Waals surface area contributed by atoms with Crippen LogP contribution in [0.1, 0.15) is 45.7 Å². The minimum absolute atomic E-state index is 0.0687. The molecule has 1 aromatic carbocycles. The zero-order valence-corrected chi connectivity index (χ0v) is 13.9. The smallest absolute Gasteiger partial charge is 0.268 e. The molecule has 1 atom stereocenters. The van der Waals surface area contributed by atoms with Crippen LogP contribution in [0, 0.1) is 20.8 Å². The van der Waals surface area contributed by atoms with Gasteiger partial charge in [0.1, 0.15) is 5.69 Å². The Labute approximate surface area is 136 Å². The van der Waals surface area contributed by atoms with Gasteiger partial charge in [0.25, 0.3) is 5.91 Å². The topological polar surface area (TPSA) is 57.8 Å². The molecule has 0 saturated heterocycles. The number of aromatic amines is 1. The number of amides is 1. The van der Waals surface area contributed by atoms with Crippen molar-refractivity contribution in [2.24, 2.45) is 0 Å². The van der Waals surface area contributed by atoms with E-state index in [4.69, 9.17) is 0 Å². The number of rotatable bonds is 3. The van der Waals surface area contributed by atoms with Crippen LogP contribution in [0.15, 0.2) is 36.7 Å². The predicted molar refractivity (Wildman–Crippen MR) is 92.6 cm³/mol. The first-order valence-electron chi connectivity index (χ1n) is 7.77. The van der Waals surface area contributed by atoms with E-state index < -0.39 is 0 Å². The van der Waals surface area contributed by atoms with Gasteiger partial charge in [-0.15, -0.1) is 0 Å². The fraction of sp³-hybridized carbons (Fsp3) is 0.263. The number of hydrogen-bond donors (Lipinski definition) is 2. The monoisotopic (exact) mass is 307 g/mol. The van der Waals surface area contributed by atoms with Gasteiger partial charge in [0.2, 0.25) is 0 Å². The molecule has 4 heteroatoms. The third-order valence-electron chi connectivity index (χ3n) is 4.44. The first kappa shape index (κ1) is 15.3. The van der Waals surface area contributed by atoms with E-state index in [1.807, 2.05) is 25.1 Å². The van der Waals surface area contributed by atoms with Gasteiger partial charge < -0.3 is 10.3 Å². The number of hydrogen-bond acceptors (Lipinski definition) is 2. The Balaban J connectivity index is 1.90. The molecule has 0 bridgehead atoms. The second-order valence-corrected chi connectivity index (χ2v) is 6.08. The van der Waals surface area contributed by atoms with E-state index >= 15 is 0 Å². The fourth-order valence-electron chi connectivity index (χ4n) is 2.90. The molecular weight excluding hydrogens is 286 g/mol. The lowest BCUT2D eigenvalue weighted by atomic mass is 10.0. The van der Waals surface area contributed by atoms with E-state index in [1.165, 1.54) is 16.7 Å². The quantitative estimate of drug-likeness (QED) is 0.769. The largest absolute Gasteiger partial charge is 0.350 e. The average molecular weight is 307 g/mol. The lowest BCUT2D eigenvalue weighted by molar-refractivity contribution is 0.0935. The molecule has 0 radical (unpaired) electrons. The molecule has 3 aromatic rings. The molecular formula is C19H21N3O. The summed E-state index contributed by atoms with van der Waals surface area (Å²) in [6.45, 7) is 8.21. The maximum absolute atomic E-state index is 12.5. The van der Waals surface area contributed by atoms with E-state index in [9.17, 15) is 4.79 Å². The highest BCUT2D eigenvalue weighted by Gasteiger charge is 2.15. The second kappa shape index (κ2) is 5.88. The van der Waals surface area contributed by atoms with Gasteiger partial charge in [-0.3, -0.25) is 9.78 Å². The molecule has 3 rings (SSSR count). The van der Waals surface area contributed by atoms with Crippen molar-refractivity contribution in [1.82, 2.24) is 15.3 Å². The van der Waals surface area contributed by atoms with Crippen LogP contribution in [0.4, 0.5) is 0 Å². The Hall–Kier alpha value is -2.62. The Kier molecular flexibility index (Phi) is 3.90. The van der Waals surface area contributed by atoms with E-state index in [0.29, 0.717) is 5.69 Å². The van der Waals surface area contributed by atoms with Crippen molar-refractivity contribution in [3.63, 3.8) is 0 Å². The van der Waals surface area contributed by atoms with Crippen molar-refractivity contribution in [2.75, 3.05) is 0 Å². The maximum Gasteiger partial charge on any atom is 0.268 e. The van der Waals surface area contributed by atoms with Crippen molar-refractivity contribution in [1.29, 1.82) is 0 Å². The number of nitrogens with one attached hydrogen (secondary N) is 2. The van der Waals surface area contributed by atoms with Crippen LogP contribution in [-0.2, 0) is 0 Å². The van der Waals surface area contributed by atoms with Crippen LogP contribution in [-0.4, -0.2) is 15.9 Å². The van der Waals surface area contributed by atoms with Crippen molar-refractivity contribution in [3.8, 4) is 0 Å². The molecule has 0 saturated carbocycles. The van der Waals surface area contributed by atoms with E-state index in [0.717, 1.165) is 16.5 Å². The summed E-state index contributed by atoms with van der Waals surface area (Å²) < 4.78 is 0. The summed E-state index contributed by atoms with van der Waals surface area (Å²) in [6.07, 6.45) is 3.47. The number of aryl methyl sites for hydroxylation is 3. The molecule has 1 unspecified atom stereocenters. The molecule has 2 aromatic heterocycles. The van der Waals surface area contributed by atoms with Gasteiger partial charge in [-0.1, -0.05) is 6.07 Å². The number of pyridine rings is 1. The maximum atomic E-state index is 12.5. The summed E-state index contributed by atoms with van der Waals surface area (Å²) in [5, 5.41) is 4.14. The van der Waals surface area contributed by atoms with Crippen molar-refractivity contribution in [3.05, 3.63) is 64.6 Å². The molecule has 23 heavy (non-hydrogen) atoms. The minimum Gasteiger partial charge on any atom is -0.350 e. The molecule has 2 heterocycles. The van der Waals surface area contributed by atoms with Gasteiger partial charge in [-0.05, 0) is 68.1 Å². The first-order valence-corrected chi connectivity index (χ1v) is 7.77. The third kappa shape index (κ3) is 2.84. The van der Waals surface area contributed by atoms with Crippen LogP contribution in [0.2, 0.25) is 0 Å². The van der Waals surface area contributed by atoms with Gasteiger partial charge in [-0.25, -0.2) is 0 Å². The summed E-state index contributed by atoms with van der Waals surface area (Å²) in [5.41, 5.74) is 6.27. The highest BCUT2D eigenvalue weighted by atomic mass is 16.1. The van der Waals surface area contributed by atoms with Gasteiger partial charge in [0.05, 0.1) is 6.04 Å². The average Bonchev–Trinajstić information content (AvgIpc) is 2.99. The summed E-state index contributed by atoms with van der Waals surface area (Å²) in [4.78, 5) is 19.8. The van der Waals surface area contributed by atoms with E-state index in [2.05, 4.69) is 42.1 Å². The Morgan fingerprint density at radius 3 is 2.52 bits per heavy atom. The number of carbonyl (C=O) groups excluding carboxylic acids is 1. The van der Waals surface area contributed by atoms with Crippen LogP contribution in [0.25, 0.3) is 10.9 Å². The zero-order chi connectivity index (χ0) is 16.6. The minimum atomic E-state index is -0.0954. The number of H-pyrrole nitrogens is 1. The molecule has 118 valence electrons. The fourth-order valence-corrected chi connectivity index (χ4v) is 2.90. The highest BCUT2D eigenvalue weighted by molar-refractivity contribution is 6.00. The third-order valence-corrected chi connectivity index (χ3v) is 4.44. The second-order valence-electron chi connectivity index (χ2n) is 6.08. The van der Waals surface area contributed by atoms with Crippen LogP contribution < -0.4 is 5.32 Å². The number of benzene rings is 1. The van der Waals surface area contributed by atoms with Gasteiger partial charge in [-0.2, -0.15) is 0 Å². The van der Waals surface area contributed by atoms with Crippen LogP contribution >= 0.6 is 0 Å². The molecule has 1 amide bonds. The summed E-state index contributed by atoms with van der Waals surface area (Å²) in [5.74, 6) is -0.0954. The molecule has 0 spiro atoms. The first-order chi connectivity index (χ1) is 11.0. The number of fused-ring (bicyclic) bond motifs is 1. The SMILES string of the molecule is Cc1cc(C)c2cc(C(=O)NC(C)c3ccncc3)[nH]c2c1C.